The van der Waals surface area contributed by atoms with E-state index in [-0.39, 0.29) is 151 Å². The van der Waals surface area contributed by atoms with Crippen LogP contribution in [0.2, 0.25) is 0 Å². The van der Waals surface area contributed by atoms with Crippen molar-refractivity contribution >= 4 is 17.7 Å². The van der Waals surface area contributed by atoms with E-state index in [2.05, 4.69) is 52.2 Å². The van der Waals surface area contributed by atoms with Crippen LogP contribution >= 0.6 is 0 Å². The highest BCUT2D eigenvalue weighted by molar-refractivity contribution is 5.81. The van der Waals surface area contributed by atoms with Crippen molar-refractivity contribution < 1.29 is 95.3 Å². The predicted molar refractivity (Wildman–Crippen MR) is 320 cm³/mol. The summed E-state index contributed by atoms with van der Waals surface area (Å²) in [5, 5.41) is 158. The maximum atomic E-state index is 14.4. The molecule has 0 spiro atoms. The van der Waals surface area contributed by atoms with E-state index in [0.29, 0.717) is 57.8 Å². The highest BCUT2D eigenvalue weighted by Gasteiger charge is 2.68. The lowest BCUT2D eigenvalue weighted by Crippen LogP contribution is -2.62. The van der Waals surface area contributed by atoms with Crippen molar-refractivity contribution in [3.8, 4) is 0 Å². The maximum Gasteiger partial charge on any atom is 0.251 e. The number of fused-ring (bicyclic) bond motifs is 10. The molecule has 16 N–H and O–H groups in total. The summed E-state index contributed by atoms with van der Waals surface area (Å²) in [6, 6.07) is 0. The van der Waals surface area contributed by atoms with Gasteiger partial charge < -0.3 is 96.5 Å². The Kier molecular flexibility index (Phi) is 22.6. The lowest BCUT2D eigenvalue weighted by Gasteiger charge is -2.63. The van der Waals surface area contributed by atoms with Crippen LogP contribution in [0, 0.1) is 92.7 Å². The molecule has 22 nitrogen and oxygen atoms in total. The fourth-order valence-corrected chi connectivity index (χ4v) is 21.2. The van der Waals surface area contributed by atoms with Gasteiger partial charge in [-0.05, 0) is 208 Å². The molecule has 0 aromatic rings. The van der Waals surface area contributed by atoms with Crippen molar-refractivity contribution in [3.63, 3.8) is 0 Å². The summed E-state index contributed by atoms with van der Waals surface area (Å²) < 4.78 is 10.8. The van der Waals surface area contributed by atoms with Crippen molar-refractivity contribution in [3.05, 3.63) is 0 Å². The Hall–Kier alpha value is -2.23. The number of nitrogens with one attached hydrogen (secondary N) is 2. The topological polar surface area (TPSA) is 380 Å². The van der Waals surface area contributed by atoms with Gasteiger partial charge in [0.1, 0.15) is 42.7 Å². The SMILES string of the molecule is CC(CCC(=O)NCCCN(CCCNC(=O)C(O)C(O)C(OC1OC(CO)C(O)C(O)C1O)C(O)CO)C(=O)CCC(C)C1CCC2C3C(O)CC4CC(O)CCC4(C)C3CC(O)C12C)C1CCC2C3C(O)CC4CC(O)CCC4(C)C3CC(O)C12C. The number of ether oxygens (including phenoxy) is 2. The van der Waals surface area contributed by atoms with Crippen LogP contribution in [0.15, 0.2) is 0 Å². The summed E-state index contributed by atoms with van der Waals surface area (Å²) in [4.78, 5) is 43.0. The first-order valence-electron chi connectivity index (χ1n) is 34.1. The van der Waals surface area contributed by atoms with Crippen LogP contribution in [0.3, 0.4) is 0 Å². The first kappa shape index (κ1) is 70.1. The van der Waals surface area contributed by atoms with E-state index in [0.717, 1.165) is 51.4 Å². The molecule has 1 aliphatic heterocycles. The molecule has 31 atom stereocenters. The summed E-state index contributed by atoms with van der Waals surface area (Å²) >= 11 is 0. The zero-order chi connectivity index (χ0) is 64.1. The molecule has 9 fully saturated rings. The number of carbonyl (C=O) groups excluding carboxylic acids is 3. The molecule has 506 valence electrons. The van der Waals surface area contributed by atoms with Gasteiger partial charge in [-0.15, -0.1) is 0 Å². The third-order valence-corrected chi connectivity index (χ3v) is 26.5. The number of hydrogen-bond acceptors (Lipinski definition) is 19. The van der Waals surface area contributed by atoms with Gasteiger partial charge >= 0.3 is 0 Å². The number of aliphatic hydroxyl groups excluding tert-OH is 14. The molecule has 3 amide bonds. The van der Waals surface area contributed by atoms with Crippen molar-refractivity contribution in [2.45, 2.75) is 262 Å². The van der Waals surface area contributed by atoms with E-state index in [1.54, 1.807) is 4.90 Å². The standard InChI is InChI=1S/C66H113N3O19/c1-33(39-11-13-41-53-43(29-49(77)65(39,41)5)63(3)19-17-37(72)25-35(63)27-45(53)74)9-15-51(79)67-21-7-23-69(24-8-22-68-61(86)58(84)57(83)60(47(76)31-70)88-62-59(85)56(82)55(81)48(32-71)87-62)52(80)16-10-34(2)40-12-14-42-54-44(30-50(78)66(40,42)6)64(4)20-18-38(73)26-36(64)28-46(54)75/h33-50,53-60,62,70-78,81-85H,7-32H2,1-6H3,(H,67,79)(H,68,86). The Bertz CT molecular complexity index is 2340. The summed E-state index contributed by atoms with van der Waals surface area (Å²) in [6.07, 6.45) is -7.03. The van der Waals surface area contributed by atoms with E-state index < -0.39 is 109 Å². The van der Waals surface area contributed by atoms with E-state index in [1.807, 2.05) is 0 Å². The molecule has 9 aliphatic rings. The summed E-state index contributed by atoms with van der Waals surface area (Å²) in [5.74, 6) is 0.317. The lowest BCUT2D eigenvalue weighted by molar-refractivity contribution is -0.326. The molecule has 9 rings (SSSR count). The van der Waals surface area contributed by atoms with Gasteiger partial charge in [-0.2, -0.15) is 0 Å². The molecule has 8 saturated carbocycles. The quantitative estimate of drug-likeness (QED) is 0.0596. The Morgan fingerprint density at radius 2 is 1.09 bits per heavy atom. The Morgan fingerprint density at radius 3 is 1.58 bits per heavy atom. The van der Waals surface area contributed by atoms with Crippen LogP contribution in [0.4, 0.5) is 0 Å². The first-order valence-corrected chi connectivity index (χ1v) is 34.1. The summed E-state index contributed by atoms with van der Waals surface area (Å²) in [7, 11) is 0. The van der Waals surface area contributed by atoms with Crippen LogP contribution in [0.1, 0.15) is 170 Å². The number of rotatable bonds is 24. The molecule has 1 heterocycles. The second kappa shape index (κ2) is 28.4. The maximum absolute atomic E-state index is 14.4. The molecule has 1 saturated heterocycles. The number of aliphatic hydroxyl groups is 14. The highest BCUT2D eigenvalue weighted by atomic mass is 16.7. The average molecular weight is 1250 g/mol. The van der Waals surface area contributed by atoms with Crippen molar-refractivity contribution in [2.75, 3.05) is 39.4 Å². The first-order chi connectivity index (χ1) is 41.6. The fourth-order valence-electron chi connectivity index (χ4n) is 21.2. The minimum Gasteiger partial charge on any atom is -0.394 e. The zero-order valence-electron chi connectivity index (χ0n) is 53.2. The van der Waals surface area contributed by atoms with Gasteiger partial charge in [0.15, 0.2) is 12.4 Å². The number of nitrogens with zero attached hydrogens (tertiary/aromatic N) is 1. The van der Waals surface area contributed by atoms with Gasteiger partial charge in [0.05, 0.1) is 49.8 Å². The van der Waals surface area contributed by atoms with Crippen molar-refractivity contribution in [2.24, 2.45) is 92.7 Å². The second-order valence-corrected chi connectivity index (χ2v) is 30.8. The van der Waals surface area contributed by atoms with Gasteiger partial charge in [-0.3, -0.25) is 14.4 Å². The molecule has 0 aromatic carbocycles. The highest BCUT2D eigenvalue weighted by Crippen LogP contribution is 2.70. The van der Waals surface area contributed by atoms with Gasteiger partial charge in [0.25, 0.3) is 5.91 Å². The third kappa shape index (κ3) is 13.3. The molecule has 0 bridgehead atoms. The van der Waals surface area contributed by atoms with Crippen LogP contribution in [-0.4, -0.2) is 225 Å². The molecule has 0 aromatic heterocycles. The molecule has 22 heteroatoms. The van der Waals surface area contributed by atoms with Crippen LogP contribution in [0.25, 0.3) is 0 Å². The summed E-state index contributed by atoms with van der Waals surface area (Å²) in [6.45, 7) is 12.2. The average Bonchev–Trinajstić information content (AvgIpc) is 1.33. The number of carbonyl (C=O) groups is 3. The fraction of sp³-hybridized carbons (Fsp3) is 0.955. The predicted octanol–water partition coefficient (Wildman–Crippen LogP) is 0.843. The Balaban J connectivity index is 0.796. The van der Waals surface area contributed by atoms with Crippen LogP contribution in [-0.2, 0) is 23.9 Å². The molecule has 8 aliphatic carbocycles. The molecule has 31 unspecified atom stereocenters. The van der Waals surface area contributed by atoms with Gasteiger partial charge in [0, 0.05) is 39.0 Å². The molecular weight excluding hydrogens is 1140 g/mol. The van der Waals surface area contributed by atoms with E-state index in [9.17, 15) is 85.9 Å². The number of amides is 3. The van der Waals surface area contributed by atoms with Crippen molar-refractivity contribution in [1.29, 1.82) is 0 Å². The summed E-state index contributed by atoms with van der Waals surface area (Å²) in [5.41, 5.74) is -0.940. The van der Waals surface area contributed by atoms with Crippen LogP contribution < -0.4 is 10.6 Å². The van der Waals surface area contributed by atoms with Crippen molar-refractivity contribution in [1.82, 2.24) is 15.5 Å². The zero-order valence-corrected chi connectivity index (χ0v) is 53.2. The van der Waals surface area contributed by atoms with Gasteiger partial charge in [-0.25, -0.2) is 0 Å². The monoisotopic (exact) mass is 1250 g/mol. The minimum atomic E-state index is -2.27. The molecule has 88 heavy (non-hydrogen) atoms. The lowest BCUT2D eigenvalue weighted by atomic mass is 9.43. The van der Waals surface area contributed by atoms with E-state index in [4.69, 9.17) is 9.47 Å². The minimum absolute atomic E-state index is 0.0243. The van der Waals surface area contributed by atoms with E-state index >= 15 is 0 Å². The molecule has 0 radical (unpaired) electrons. The Labute approximate surface area is 520 Å². The molecular formula is C66H113N3O19. The second-order valence-electron chi connectivity index (χ2n) is 30.8. The third-order valence-electron chi connectivity index (χ3n) is 26.5. The number of hydrogen-bond donors (Lipinski definition) is 16. The Morgan fingerprint density at radius 1 is 0.602 bits per heavy atom. The normalized spacial score (nSPS) is 45.8. The van der Waals surface area contributed by atoms with Gasteiger partial charge in [-0.1, -0.05) is 41.5 Å². The largest absolute Gasteiger partial charge is 0.394 e. The smallest absolute Gasteiger partial charge is 0.251 e. The van der Waals surface area contributed by atoms with Crippen LogP contribution in [0.5, 0.6) is 0 Å². The van der Waals surface area contributed by atoms with Gasteiger partial charge in [0.2, 0.25) is 11.8 Å². The van der Waals surface area contributed by atoms with E-state index in [1.165, 1.54) is 0 Å².